The summed E-state index contributed by atoms with van der Waals surface area (Å²) in [5.41, 5.74) is 3.99. The standard InChI is InChI=1S/C45H58O5/c1-29(2)10-9-11-30(3)32-14-19-39-37-17-15-33-24-35(20-23-45(33,5)40(37)21-22-44(39,4)27-32)49-43(47)28-48-34-16-18-36-38(31-12-7-6-8-13-31)26-42(46)50-41(36)25-34/h6-8,12-13,15-16,18,25-26,29-30,32,35,37,39-40H,9-11,14,17,19-24,27-28H2,1-5H3/t30-,32-,35+,37-,39+,40-,44-,45+/m1/s1. The Morgan fingerprint density at radius 3 is 2.56 bits per heavy atom. The third kappa shape index (κ3) is 7.08. The van der Waals surface area contributed by atoms with Crippen LogP contribution >= 0.6 is 0 Å². The molecule has 268 valence electrons. The van der Waals surface area contributed by atoms with Crippen LogP contribution in [0.1, 0.15) is 112 Å². The summed E-state index contributed by atoms with van der Waals surface area (Å²) in [4.78, 5) is 25.4. The first-order chi connectivity index (χ1) is 24.0. The number of carbonyl (C=O) groups excluding carboxylic acids is 1. The summed E-state index contributed by atoms with van der Waals surface area (Å²) < 4.78 is 17.4. The molecule has 0 unspecified atom stereocenters. The summed E-state index contributed by atoms with van der Waals surface area (Å²) in [5, 5.41) is 0.816. The van der Waals surface area contributed by atoms with Crippen LogP contribution in [-0.2, 0) is 9.53 Å². The molecule has 0 aliphatic heterocycles. The molecule has 4 aliphatic rings. The highest BCUT2D eigenvalue weighted by atomic mass is 16.6. The monoisotopic (exact) mass is 678 g/mol. The molecule has 3 saturated carbocycles. The van der Waals surface area contributed by atoms with E-state index in [1.165, 1.54) is 69.4 Å². The molecule has 4 aliphatic carbocycles. The van der Waals surface area contributed by atoms with E-state index in [2.05, 4.69) is 40.7 Å². The lowest BCUT2D eigenvalue weighted by atomic mass is 9.44. The van der Waals surface area contributed by atoms with Crippen LogP contribution < -0.4 is 10.4 Å². The fourth-order valence-corrected chi connectivity index (χ4v) is 11.1. The van der Waals surface area contributed by atoms with Gasteiger partial charge in [0.2, 0.25) is 0 Å². The van der Waals surface area contributed by atoms with Crippen molar-refractivity contribution in [1.29, 1.82) is 0 Å². The zero-order valence-corrected chi connectivity index (χ0v) is 31.0. The molecule has 1 heterocycles. The molecule has 0 saturated heterocycles. The van der Waals surface area contributed by atoms with E-state index >= 15 is 0 Å². The largest absolute Gasteiger partial charge is 0.482 e. The fourth-order valence-electron chi connectivity index (χ4n) is 11.1. The first-order valence-electron chi connectivity index (χ1n) is 19.7. The molecule has 3 fully saturated rings. The van der Waals surface area contributed by atoms with Crippen molar-refractivity contribution < 1.29 is 18.7 Å². The maximum Gasteiger partial charge on any atom is 0.344 e. The van der Waals surface area contributed by atoms with E-state index in [1.807, 2.05) is 42.5 Å². The predicted molar refractivity (Wildman–Crippen MR) is 201 cm³/mol. The highest BCUT2D eigenvalue weighted by Gasteiger charge is 2.56. The van der Waals surface area contributed by atoms with Gasteiger partial charge in [-0.2, -0.15) is 0 Å². The number of hydrogen-bond acceptors (Lipinski definition) is 5. The Hall–Kier alpha value is -3.34. The zero-order valence-electron chi connectivity index (χ0n) is 31.0. The molecule has 0 N–H and O–H groups in total. The van der Waals surface area contributed by atoms with Crippen molar-refractivity contribution in [3.8, 4) is 16.9 Å². The average Bonchev–Trinajstić information content (AvgIpc) is 3.09. The number of fused-ring (bicyclic) bond motifs is 6. The summed E-state index contributed by atoms with van der Waals surface area (Å²) in [6, 6.07) is 16.7. The molecule has 50 heavy (non-hydrogen) atoms. The molecule has 3 aromatic rings. The number of esters is 1. The van der Waals surface area contributed by atoms with Crippen molar-refractivity contribution in [3.05, 3.63) is 76.7 Å². The minimum atomic E-state index is -0.423. The van der Waals surface area contributed by atoms with Gasteiger partial charge < -0.3 is 13.9 Å². The Bertz CT molecular complexity index is 1750. The van der Waals surface area contributed by atoms with E-state index < -0.39 is 5.63 Å². The number of allylic oxidation sites excluding steroid dienone is 1. The van der Waals surface area contributed by atoms with Crippen LogP contribution in [0.5, 0.6) is 5.75 Å². The van der Waals surface area contributed by atoms with Crippen LogP contribution in [0, 0.1) is 46.3 Å². The highest BCUT2D eigenvalue weighted by Crippen LogP contribution is 2.65. The fraction of sp³-hybridized carbons (Fsp3) is 0.600. The Morgan fingerprint density at radius 2 is 1.76 bits per heavy atom. The summed E-state index contributed by atoms with van der Waals surface area (Å²) in [6.07, 6.45) is 17.6. The lowest BCUT2D eigenvalue weighted by Gasteiger charge is -2.61. The second-order valence-electron chi connectivity index (χ2n) is 17.4. The summed E-state index contributed by atoms with van der Waals surface area (Å²) in [7, 11) is 0. The normalized spacial score (nSPS) is 31.2. The maximum atomic E-state index is 13.0. The maximum absolute atomic E-state index is 13.0. The van der Waals surface area contributed by atoms with Crippen LogP contribution in [0.15, 0.2) is 75.5 Å². The Kier molecular flexibility index (Phi) is 10.1. The molecule has 8 atom stereocenters. The molecule has 0 radical (unpaired) electrons. The van der Waals surface area contributed by atoms with Gasteiger partial charge >= 0.3 is 11.6 Å². The predicted octanol–water partition coefficient (Wildman–Crippen LogP) is 11.2. The number of carbonyl (C=O) groups is 1. The van der Waals surface area contributed by atoms with Gasteiger partial charge in [0, 0.05) is 23.9 Å². The van der Waals surface area contributed by atoms with Gasteiger partial charge in [-0.1, -0.05) is 95.9 Å². The SMILES string of the molecule is CC(C)CCC[C@@H](C)[C@@H]1CC[C@H]2[C@H]3CC=C4C[C@@H](OC(=O)COc5ccc6c(-c7ccccc7)cc(=O)oc6c5)CC[C@]4(C)[C@@H]3CC[C@]2(C)C1. The van der Waals surface area contributed by atoms with Crippen LogP contribution in [0.4, 0.5) is 0 Å². The molecule has 0 bridgehead atoms. The quantitative estimate of drug-likeness (QED) is 0.121. The van der Waals surface area contributed by atoms with Crippen molar-refractivity contribution >= 4 is 16.9 Å². The van der Waals surface area contributed by atoms with Crippen molar-refractivity contribution in [2.24, 2.45) is 46.3 Å². The van der Waals surface area contributed by atoms with E-state index in [0.717, 1.165) is 71.3 Å². The van der Waals surface area contributed by atoms with Crippen molar-refractivity contribution in [2.75, 3.05) is 6.61 Å². The van der Waals surface area contributed by atoms with Gasteiger partial charge in [0.1, 0.15) is 17.4 Å². The molecule has 5 heteroatoms. The zero-order chi connectivity index (χ0) is 35.0. The van der Waals surface area contributed by atoms with Crippen LogP contribution in [0.25, 0.3) is 22.1 Å². The van der Waals surface area contributed by atoms with Gasteiger partial charge in [-0.25, -0.2) is 9.59 Å². The van der Waals surface area contributed by atoms with Gasteiger partial charge in [0.15, 0.2) is 6.61 Å². The molecular weight excluding hydrogens is 620 g/mol. The number of hydrogen-bond donors (Lipinski definition) is 0. The van der Waals surface area contributed by atoms with Crippen molar-refractivity contribution in [1.82, 2.24) is 0 Å². The van der Waals surface area contributed by atoms with E-state index in [0.29, 0.717) is 16.7 Å². The minimum Gasteiger partial charge on any atom is -0.482 e. The summed E-state index contributed by atoms with van der Waals surface area (Å²) in [5.74, 6) is 5.07. The third-order valence-corrected chi connectivity index (χ3v) is 13.9. The number of ether oxygens (including phenoxy) is 2. The lowest BCUT2D eigenvalue weighted by Crippen LogP contribution is -2.52. The first-order valence-corrected chi connectivity index (χ1v) is 19.7. The molecule has 7 rings (SSSR count). The Balaban J connectivity index is 0.945. The number of benzene rings is 2. The van der Waals surface area contributed by atoms with Crippen LogP contribution in [-0.4, -0.2) is 18.7 Å². The lowest BCUT2D eigenvalue weighted by molar-refractivity contribution is -0.154. The van der Waals surface area contributed by atoms with E-state index in [-0.39, 0.29) is 24.1 Å². The molecule has 2 aromatic carbocycles. The molecule has 1 aromatic heterocycles. The first kappa shape index (κ1) is 35.1. The molecule has 0 amide bonds. The molecule has 5 nitrogen and oxygen atoms in total. The summed E-state index contributed by atoms with van der Waals surface area (Å²) in [6.45, 7) is 12.3. The second-order valence-corrected chi connectivity index (χ2v) is 17.4. The van der Waals surface area contributed by atoms with E-state index in [1.54, 1.807) is 6.07 Å². The smallest absolute Gasteiger partial charge is 0.344 e. The topological polar surface area (TPSA) is 65.7 Å². The third-order valence-electron chi connectivity index (χ3n) is 13.9. The molecular formula is C45H58O5. The van der Waals surface area contributed by atoms with Gasteiger partial charge in [-0.15, -0.1) is 0 Å². The van der Waals surface area contributed by atoms with Crippen LogP contribution in [0.2, 0.25) is 0 Å². The Morgan fingerprint density at radius 1 is 0.940 bits per heavy atom. The van der Waals surface area contributed by atoms with Gasteiger partial charge in [0.05, 0.1) is 0 Å². The average molecular weight is 679 g/mol. The van der Waals surface area contributed by atoms with Gasteiger partial charge in [-0.05, 0) is 121 Å². The van der Waals surface area contributed by atoms with Crippen molar-refractivity contribution in [2.45, 2.75) is 118 Å². The van der Waals surface area contributed by atoms with Gasteiger partial charge in [0.25, 0.3) is 0 Å². The molecule has 0 spiro atoms. The highest BCUT2D eigenvalue weighted by molar-refractivity contribution is 5.93. The van der Waals surface area contributed by atoms with Crippen LogP contribution in [0.3, 0.4) is 0 Å². The number of rotatable bonds is 10. The second kappa shape index (κ2) is 14.4. The van der Waals surface area contributed by atoms with Crippen molar-refractivity contribution in [3.63, 3.8) is 0 Å². The Labute approximate surface area is 299 Å². The minimum absolute atomic E-state index is 0.105. The summed E-state index contributed by atoms with van der Waals surface area (Å²) >= 11 is 0. The van der Waals surface area contributed by atoms with E-state index in [9.17, 15) is 9.59 Å². The van der Waals surface area contributed by atoms with Gasteiger partial charge in [-0.3, -0.25) is 0 Å². The van der Waals surface area contributed by atoms with E-state index in [4.69, 9.17) is 13.9 Å².